The van der Waals surface area contributed by atoms with Gasteiger partial charge in [-0.15, -0.1) is 0 Å². The van der Waals surface area contributed by atoms with Crippen molar-refractivity contribution in [2.75, 3.05) is 13.2 Å². The molecule has 0 saturated heterocycles. The number of ether oxygens (including phenoxy) is 2. The smallest absolute Gasteiger partial charge is 0.326 e. The Kier molecular flexibility index (Phi) is 5.49. The van der Waals surface area contributed by atoms with E-state index in [1.165, 1.54) is 0 Å². The number of nitrogens with zero attached hydrogens (tertiary/aromatic N) is 2. The van der Waals surface area contributed by atoms with E-state index in [0.717, 1.165) is 25.7 Å². The van der Waals surface area contributed by atoms with Gasteiger partial charge in [0, 0.05) is 0 Å². The van der Waals surface area contributed by atoms with Gasteiger partial charge in [-0.2, -0.15) is 10.5 Å². The number of carbonyl (C=O) groups is 2. The van der Waals surface area contributed by atoms with Gasteiger partial charge in [0.25, 0.3) is 0 Å². The summed E-state index contributed by atoms with van der Waals surface area (Å²) in [5, 5.41) is 18.1. The minimum Gasteiger partial charge on any atom is -0.464 e. The molecule has 0 radical (unpaired) electrons. The van der Waals surface area contributed by atoms with E-state index < -0.39 is 22.8 Å². The molecule has 0 spiro atoms. The van der Waals surface area contributed by atoms with Gasteiger partial charge in [-0.05, 0) is 50.4 Å². The van der Waals surface area contributed by atoms with Crippen LogP contribution in [0, 0.1) is 45.3 Å². The third-order valence-electron chi connectivity index (χ3n) is 5.25. The van der Waals surface area contributed by atoms with Gasteiger partial charge in [-0.25, -0.2) is 0 Å². The molecule has 6 heteroatoms. The fourth-order valence-electron chi connectivity index (χ4n) is 2.97. The Labute approximate surface area is 142 Å². The number of esters is 2. The lowest BCUT2D eigenvalue weighted by Gasteiger charge is -2.09. The average molecular weight is 332 g/mol. The largest absolute Gasteiger partial charge is 0.464 e. The van der Waals surface area contributed by atoms with Gasteiger partial charge in [0.1, 0.15) is 0 Å². The molecule has 0 heterocycles. The maximum Gasteiger partial charge on any atom is 0.326 e. The number of carbonyl (C=O) groups excluding carboxylic acids is 2. The second kappa shape index (κ2) is 7.21. The zero-order valence-electron chi connectivity index (χ0n) is 14.3. The molecule has 130 valence electrons. The molecule has 0 aromatic heterocycles. The van der Waals surface area contributed by atoms with E-state index >= 15 is 0 Å². The molecular weight excluding hydrogens is 308 g/mol. The zero-order valence-corrected chi connectivity index (χ0v) is 14.3. The van der Waals surface area contributed by atoms with Crippen LogP contribution in [0.3, 0.4) is 0 Å². The lowest BCUT2D eigenvalue weighted by Crippen LogP contribution is -2.20. The molecule has 2 fully saturated rings. The van der Waals surface area contributed by atoms with Gasteiger partial charge in [-0.1, -0.05) is 13.8 Å². The normalized spacial score (nSPS) is 33.0. The Morgan fingerprint density at radius 1 is 0.875 bits per heavy atom. The second-order valence-electron chi connectivity index (χ2n) is 7.06. The summed E-state index contributed by atoms with van der Waals surface area (Å²) in [6, 6.07) is 4.12. The molecule has 4 unspecified atom stereocenters. The molecule has 0 aromatic carbocycles. The summed E-state index contributed by atoms with van der Waals surface area (Å²) in [6.07, 6.45) is 4.37. The van der Waals surface area contributed by atoms with Gasteiger partial charge >= 0.3 is 11.9 Å². The number of unbranched alkanes of at least 4 members (excludes halogenated alkanes) is 3. The molecule has 2 rings (SSSR count). The topological polar surface area (TPSA) is 100 Å². The highest BCUT2D eigenvalue weighted by Crippen LogP contribution is 2.53. The minimum atomic E-state index is -0.898. The van der Waals surface area contributed by atoms with Crippen molar-refractivity contribution < 1.29 is 19.1 Å². The fourth-order valence-corrected chi connectivity index (χ4v) is 2.97. The Hall–Kier alpha value is -2.08. The van der Waals surface area contributed by atoms with Crippen LogP contribution in [0.4, 0.5) is 0 Å². The Balaban J connectivity index is 1.48. The standard InChI is InChI=1S/C18H24N2O4/c1-13-9-17(13,11-19)15(21)23-7-5-3-4-6-8-24-16(22)18(12-20)10-14(18)2/h13-14H,3-10H2,1-2H3. The van der Waals surface area contributed by atoms with Crippen LogP contribution in [0.15, 0.2) is 0 Å². The predicted molar refractivity (Wildman–Crippen MR) is 84.0 cm³/mol. The fraction of sp³-hybridized carbons (Fsp3) is 0.778. The van der Waals surface area contributed by atoms with Crippen LogP contribution in [-0.2, 0) is 19.1 Å². The summed E-state index contributed by atoms with van der Waals surface area (Å²) >= 11 is 0. The molecule has 2 saturated carbocycles. The molecular formula is C18H24N2O4. The van der Waals surface area contributed by atoms with Crippen molar-refractivity contribution in [3.05, 3.63) is 0 Å². The molecule has 0 bridgehead atoms. The maximum atomic E-state index is 11.8. The molecule has 0 aromatic rings. The molecule has 0 aliphatic heterocycles. The van der Waals surface area contributed by atoms with Crippen molar-refractivity contribution >= 4 is 11.9 Å². The first-order valence-corrected chi connectivity index (χ1v) is 8.60. The second-order valence-corrected chi connectivity index (χ2v) is 7.06. The van der Waals surface area contributed by atoms with E-state index in [1.807, 2.05) is 13.8 Å². The monoisotopic (exact) mass is 332 g/mol. The highest BCUT2D eigenvalue weighted by molar-refractivity contribution is 5.84. The number of hydrogen-bond acceptors (Lipinski definition) is 6. The van der Waals surface area contributed by atoms with Gasteiger partial charge < -0.3 is 9.47 Å². The lowest BCUT2D eigenvalue weighted by molar-refractivity contribution is -0.149. The molecule has 0 amide bonds. The van der Waals surface area contributed by atoms with Crippen molar-refractivity contribution in [2.24, 2.45) is 22.7 Å². The van der Waals surface area contributed by atoms with Crippen LogP contribution < -0.4 is 0 Å². The summed E-state index contributed by atoms with van der Waals surface area (Å²) in [5.41, 5.74) is -1.80. The lowest BCUT2D eigenvalue weighted by atomic mass is 10.1. The first kappa shape index (κ1) is 18.3. The summed E-state index contributed by atoms with van der Waals surface area (Å²) in [5.74, 6) is -0.607. The highest BCUT2D eigenvalue weighted by Gasteiger charge is 2.60. The van der Waals surface area contributed by atoms with Gasteiger partial charge in [0.2, 0.25) is 0 Å². The van der Waals surface area contributed by atoms with Crippen LogP contribution >= 0.6 is 0 Å². The summed E-state index contributed by atoms with van der Waals surface area (Å²) in [4.78, 5) is 23.6. The molecule has 2 aliphatic carbocycles. The summed E-state index contributed by atoms with van der Waals surface area (Å²) in [7, 11) is 0. The third kappa shape index (κ3) is 3.53. The first-order valence-electron chi connectivity index (χ1n) is 8.60. The molecule has 6 nitrogen and oxygen atoms in total. The van der Waals surface area contributed by atoms with Crippen LogP contribution in [-0.4, -0.2) is 25.2 Å². The number of hydrogen-bond donors (Lipinski definition) is 0. The SMILES string of the molecule is CC1CC1(C#N)C(=O)OCCCCCCOC(=O)C1(C#N)CC1C. The highest BCUT2D eigenvalue weighted by atomic mass is 16.5. The molecule has 0 N–H and O–H groups in total. The van der Waals surface area contributed by atoms with Crippen LogP contribution in [0.2, 0.25) is 0 Å². The maximum absolute atomic E-state index is 11.8. The van der Waals surface area contributed by atoms with Crippen molar-refractivity contribution in [2.45, 2.75) is 52.4 Å². The van der Waals surface area contributed by atoms with E-state index in [-0.39, 0.29) is 11.8 Å². The van der Waals surface area contributed by atoms with Crippen molar-refractivity contribution in [1.82, 2.24) is 0 Å². The Bertz CT molecular complexity index is 539. The van der Waals surface area contributed by atoms with Crippen molar-refractivity contribution in [3.8, 4) is 12.1 Å². The van der Waals surface area contributed by atoms with Crippen molar-refractivity contribution in [1.29, 1.82) is 10.5 Å². The predicted octanol–water partition coefficient (Wildman–Crippen LogP) is 2.73. The summed E-state index contributed by atoms with van der Waals surface area (Å²) in [6.45, 7) is 4.41. The number of nitriles is 2. The van der Waals surface area contributed by atoms with E-state index in [9.17, 15) is 9.59 Å². The van der Waals surface area contributed by atoms with Crippen molar-refractivity contribution in [3.63, 3.8) is 0 Å². The Morgan fingerprint density at radius 3 is 1.46 bits per heavy atom. The van der Waals surface area contributed by atoms with E-state index in [4.69, 9.17) is 20.0 Å². The van der Waals surface area contributed by atoms with Crippen LogP contribution in [0.1, 0.15) is 52.4 Å². The van der Waals surface area contributed by atoms with E-state index in [2.05, 4.69) is 12.1 Å². The third-order valence-corrected chi connectivity index (χ3v) is 5.25. The van der Waals surface area contributed by atoms with Gasteiger partial charge in [0.05, 0.1) is 25.4 Å². The minimum absolute atomic E-state index is 0.0931. The molecule has 2 aliphatic rings. The van der Waals surface area contributed by atoms with Crippen LogP contribution in [0.5, 0.6) is 0 Å². The molecule has 24 heavy (non-hydrogen) atoms. The van der Waals surface area contributed by atoms with Gasteiger partial charge in [0.15, 0.2) is 10.8 Å². The van der Waals surface area contributed by atoms with E-state index in [1.54, 1.807) is 0 Å². The number of rotatable bonds is 9. The molecule has 4 atom stereocenters. The van der Waals surface area contributed by atoms with Crippen LogP contribution in [0.25, 0.3) is 0 Å². The van der Waals surface area contributed by atoms with E-state index in [0.29, 0.717) is 26.1 Å². The Morgan fingerprint density at radius 2 is 1.21 bits per heavy atom. The zero-order chi connectivity index (χ0) is 17.8. The van der Waals surface area contributed by atoms with Gasteiger partial charge in [-0.3, -0.25) is 9.59 Å². The first-order chi connectivity index (χ1) is 11.4. The quantitative estimate of drug-likeness (QED) is 0.475. The summed E-state index contributed by atoms with van der Waals surface area (Å²) < 4.78 is 10.3. The average Bonchev–Trinajstić information content (AvgIpc) is 3.44.